The number of nitriles is 1. The lowest BCUT2D eigenvalue weighted by atomic mass is 9.99. The van der Waals surface area contributed by atoms with Gasteiger partial charge in [0.15, 0.2) is 0 Å². The van der Waals surface area contributed by atoms with E-state index in [4.69, 9.17) is 5.26 Å². The summed E-state index contributed by atoms with van der Waals surface area (Å²) in [6, 6.07) is 9.38. The van der Waals surface area contributed by atoms with Gasteiger partial charge in [-0.15, -0.1) is 0 Å². The van der Waals surface area contributed by atoms with Gasteiger partial charge in [0.1, 0.15) is 0 Å². The topological polar surface area (TPSA) is 47.9 Å². The number of hydrogen-bond acceptors (Lipinski definition) is 3. The van der Waals surface area contributed by atoms with Gasteiger partial charge in [0.05, 0.1) is 12.0 Å². The van der Waals surface area contributed by atoms with Crippen molar-refractivity contribution in [3.63, 3.8) is 0 Å². The van der Waals surface area contributed by atoms with Crippen molar-refractivity contribution in [2.75, 3.05) is 11.9 Å². The number of rotatable bonds is 3. The van der Waals surface area contributed by atoms with Crippen molar-refractivity contribution in [1.82, 2.24) is 5.32 Å². The van der Waals surface area contributed by atoms with E-state index in [0.29, 0.717) is 6.04 Å². The van der Waals surface area contributed by atoms with Gasteiger partial charge < -0.3 is 10.6 Å². The van der Waals surface area contributed by atoms with Crippen LogP contribution in [0.3, 0.4) is 0 Å². The van der Waals surface area contributed by atoms with E-state index < -0.39 is 0 Å². The van der Waals surface area contributed by atoms with E-state index in [1.807, 2.05) is 0 Å². The van der Waals surface area contributed by atoms with Gasteiger partial charge in [0.25, 0.3) is 0 Å². The van der Waals surface area contributed by atoms with Crippen molar-refractivity contribution >= 4 is 5.69 Å². The van der Waals surface area contributed by atoms with E-state index in [1.54, 1.807) is 0 Å². The molecule has 0 saturated heterocycles. The molecule has 0 radical (unpaired) electrons. The molecule has 2 N–H and O–H groups in total. The zero-order valence-electron chi connectivity index (χ0n) is 11.3. The second-order valence-corrected chi connectivity index (χ2v) is 5.64. The molecular weight excluding hydrogens is 234 g/mol. The van der Waals surface area contributed by atoms with Gasteiger partial charge in [-0.2, -0.15) is 5.26 Å². The first-order chi connectivity index (χ1) is 9.38. The summed E-state index contributed by atoms with van der Waals surface area (Å²) in [6.45, 7) is 1.95. The summed E-state index contributed by atoms with van der Waals surface area (Å²) in [5.74, 6) is 0.201. The third-order valence-electron chi connectivity index (χ3n) is 4.40. The van der Waals surface area contributed by atoms with Crippen LogP contribution >= 0.6 is 0 Å². The van der Waals surface area contributed by atoms with Gasteiger partial charge in [-0.1, -0.05) is 24.6 Å². The quantitative estimate of drug-likeness (QED) is 0.873. The summed E-state index contributed by atoms with van der Waals surface area (Å²) in [5.41, 5.74) is 4.11. The maximum atomic E-state index is 9.12. The molecule has 0 amide bonds. The van der Waals surface area contributed by atoms with Gasteiger partial charge >= 0.3 is 0 Å². The Balaban J connectivity index is 1.69. The summed E-state index contributed by atoms with van der Waals surface area (Å²) < 4.78 is 0. The van der Waals surface area contributed by atoms with E-state index in [-0.39, 0.29) is 5.92 Å². The maximum Gasteiger partial charge on any atom is 0.0672 e. The van der Waals surface area contributed by atoms with E-state index in [1.165, 1.54) is 36.1 Å². The SMILES string of the molecule is N#CC1CCCC1NCc1cccc2c1NCCC2. The summed E-state index contributed by atoms with van der Waals surface area (Å²) >= 11 is 0. The minimum atomic E-state index is 0.201. The van der Waals surface area contributed by atoms with Crippen molar-refractivity contribution in [1.29, 1.82) is 5.26 Å². The van der Waals surface area contributed by atoms with Gasteiger partial charge in [0, 0.05) is 24.8 Å². The fourth-order valence-electron chi connectivity index (χ4n) is 3.33. The Hall–Kier alpha value is -1.53. The number of anilines is 1. The molecule has 2 unspecified atom stereocenters. The first kappa shape index (κ1) is 12.5. The number of para-hydroxylation sites is 1. The average Bonchev–Trinajstić information content (AvgIpc) is 2.92. The minimum absolute atomic E-state index is 0.201. The number of benzene rings is 1. The van der Waals surface area contributed by atoms with Crippen LogP contribution < -0.4 is 10.6 Å². The Labute approximate surface area is 115 Å². The molecule has 1 saturated carbocycles. The molecule has 1 aromatic carbocycles. The van der Waals surface area contributed by atoms with Crippen molar-refractivity contribution in [2.45, 2.75) is 44.7 Å². The predicted octanol–water partition coefficient (Wildman–Crippen LogP) is 2.83. The Morgan fingerprint density at radius 3 is 3.16 bits per heavy atom. The van der Waals surface area contributed by atoms with Crippen molar-refractivity contribution in [3.8, 4) is 6.07 Å². The Morgan fingerprint density at radius 1 is 1.32 bits per heavy atom. The van der Waals surface area contributed by atoms with E-state index in [0.717, 1.165) is 25.9 Å². The lowest BCUT2D eigenvalue weighted by molar-refractivity contribution is 0.464. The Bertz CT molecular complexity index is 489. The zero-order valence-corrected chi connectivity index (χ0v) is 11.3. The lowest BCUT2D eigenvalue weighted by Crippen LogP contribution is -2.31. The monoisotopic (exact) mass is 255 g/mol. The van der Waals surface area contributed by atoms with E-state index in [2.05, 4.69) is 34.9 Å². The molecule has 3 heteroatoms. The van der Waals surface area contributed by atoms with Gasteiger partial charge in [-0.3, -0.25) is 0 Å². The highest BCUT2D eigenvalue weighted by Gasteiger charge is 2.26. The van der Waals surface area contributed by atoms with E-state index >= 15 is 0 Å². The van der Waals surface area contributed by atoms with Crippen LogP contribution in [-0.4, -0.2) is 12.6 Å². The normalized spacial score (nSPS) is 25.4. The molecule has 1 fully saturated rings. The van der Waals surface area contributed by atoms with Crippen molar-refractivity contribution < 1.29 is 0 Å². The number of nitrogens with zero attached hydrogens (tertiary/aromatic N) is 1. The molecule has 1 aliphatic heterocycles. The highest BCUT2D eigenvalue weighted by molar-refractivity contribution is 5.59. The highest BCUT2D eigenvalue weighted by atomic mass is 14.9. The van der Waals surface area contributed by atoms with Crippen molar-refractivity contribution in [3.05, 3.63) is 29.3 Å². The fourth-order valence-corrected chi connectivity index (χ4v) is 3.33. The van der Waals surface area contributed by atoms with Crippen LogP contribution in [0.5, 0.6) is 0 Å². The Morgan fingerprint density at radius 2 is 2.26 bits per heavy atom. The molecule has 1 aromatic rings. The summed E-state index contributed by atoms with van der Waals surface area (Å²) in [4.78, 5) is 0. The number of fused-ring (bicyclic) bond motifs is 1. The smallest absolute Gasteiger partial charge is 0.0672 e. The zero-order chi connectivity index (χ0) is 13.1. The van der Waals surface area contributed by atoms with Crippen molar-refractivity contribution in [2.24, 2.45) is 5.92 Å². The summed E-state index contributed by atoms with van der Waals surface area (Å²) in [6.07, 6.45) is 5.78. The molecule has 3 rings (SSSR count). The third kappa shape index (κ3) is 2.59. The summed E-state index contributed by atoms with van der Waals surface area (Å²) in [5, 5.41) is 16.2. The molecule has 1 heterocycles. The largest absolute Gasteiger partial charge is 0.385 e. The third-order valence-corrected chi connectivity index (χ3v) is 4.40. The molecule has 0 aromatic heterocycles. The number of hydrogen-bond donors (Lipinski definition) is 2. The van der Waals surface area contributed by atoms with Gasteiger partial charge in [-0.25, -0.2) is 0 Å². The van der Waals surface area contributed by atoms with Gasteiger partial charge in [-0.05, 0) is 36.8 Å². The maximum absolute atomic E-state index is 9.12. The first-order valence-corrected chi connectivity index (χ1v) is 7.36. The standard InChI is InChI=1S/C16H21N3/c17-10-13-5-2-8-15(13)19-11-14-6-1-4-12-7-3-9-18-16(12)14/h1,4,6,13,15,18-19H,2-3,5,7-9,11H2. The fraction of sp³-hybridized carbons (Fsp3) is 0.562. The highest BCUT2D eigenvalue weighted by Crippen LogP contribution is 2.28. The number of nitrogens with one attached hydrogen (secondary N) is 2. The van der Waals surface area contributed by atoms with Crippen LogP contribution in [0.25, 0.3) is 0 Å². The van der Waals surface area contributed by atoms with Crippen LogP contribution in [0, 0.1) is 17.2 Å². The van der Waals surface area contributed by atoms with Crippen LogP contribution in [0.15, 0.2) is 18.2 Å². The Kier molecular flexibility index (Phi) is 3.70. The van der Waals surface area contributed by atoms with Crippen LogP contribution in [-0.2, 0) is 13.0 Å². The molecular formula is C16H21N3. The molecule has 19 heavy (non-hydrogen) atoms. The molecule has 0 bridgehead atoms. The van der Waals surface area contributed by atoms with Crippen LogP contribution in [0.2, 0.25) is 0 Å². The second kappa shape index (κ2) is 5.63. The molecule has 0 spiro atoms. The van der Waals surface area contributed by atoms with Gasteiger partial charge in [0.2, 0.25) is 0 Å². The lowest BCUT2D eigenvalue weighted by Gasteiger charge is -2.23. The molecule has 100 valence electrons. The van der Waals surface area contributed by atoms with Crippen LogP contribution in [0.4, 0.5) is 5.69 Å². The number of aryl methyl sites for hydroxylation is 1. The molecule has 1 aliphatic carbocycles. The summed E-state index contributed by atoms with van der Waals surface area (Å²) in [7, 11) is 0. The average molecular weight is 255 g/mol. The van der Waals surface area contributed by atoms with Crippen LogP contribution in [0.1, 0.15) is 36.8 Å². The molecule has 2 aliphatic rings. The predicted molar refractivity (Wildman–Crippen MR) is 76.8 cm³/mol. The first-order valence-electron chi connectivity index (χ1n) is 7.36. The molecule has 3 nitrogen and oxygen atoms in total. The molecule has 2 atom stereocenters. The second-order valence-electron chi connectivity index (χ2n) is 5.64. The van der Waals surface area contributed by atoms with E-state index in [9.17, 15) is 0 Å². The minimum Gasteiger partial charge on any atom is -0.385 e.